The van der Waals surface area contributed by atoms with E-state index in [0.717, 1.165) is 16.7 Å². The van der Waals surface area contributed by atoms with E-state index in [0.29, 0.717) is 20.1 Å². The lowest BCUT2D eigenvalue weighted by Crippen LogP contribution is -1.86. The third kappa shape index (κ3) is 2.56. The fraction of sp³-hybridized carbons (Fsp3) is 0.0769. The van der Waals surface area contributed by atoms with Crippen LogP contribution >= 0.6 is 46.4 Å². The van der Waals surface area contributed by atoms with E-state index in [9.17, 15) is 0 Å². The number of halogens is 4. The van der Waals surface area contributed by atoms with E-state index in [-0.39, 0.29) is 0 Å². The molecule has 0 aromatic heterocycles. The molecule has 17 heavy (non-hydrogen) atoms. The molecule has 0 amide bonds. The van der Waals surface area contributed by atoms with Crippen molar-refractivity contribution >= 4 is 46.4 Å². The Hall–Kier alpha value is -0.400. The molecule has 0 aliphatic rings. The molecule has 0 saturated carbocycles. The summed E-state index contributed by atoms with van der Waals surface area (Å²) < 4.78 is 0. The van der Waals surface area contributed by atoms with Crippen LogP contribution in [0.15, 0.2) is 30.3 Å². The fourth-order valence-corrected chi connectivity index (χ4v) is 2.68. The molecule has 0 unspecified atom stereocenters. The van der Waals surface area contributed by atoms with Crippen molar-refractivity contribution in [3.8, 4) is 11.1 Å². The van der Waals surface area contributed by atoms with Gasteiger partial charge in [0.15, 0.2) is 0 Å². The molecule has 0 aliphatic carbocycles. The maximum absolute atomic E-state index is 6.18. The highest BCUT2D eigenvalue weighted by atomic mass is 35.5. The molecule has 0 N–H and O–H groups in total. The van der Waals surface area contributed by atoms with E-state index in [4.69, 9.17) is 46.4 Å². The first kappa shape index (κ1) is 13.0. The SMILES string of the molecule is Cc1cc(-c2c(Cl)cccc2Cl)c(Cl)cc1Cl. The quantitative estimate of drug-likeness (QED) is 0.582. The predicted octanol–water partition coefficient (Wildman–Crippen LogP) is 6.28. The van der Waals surface area contributed by atoms with Crippen molar-refractivity contribution in [1.29, 1.82) is 0 Å². The fourth-order valence-electron chi connectivity index (χ4n) is 1.60. The Kier molecular flexibility index (Phi) is 3.89. The van der Waals surface area contributed by atoms with Crippen molar-refractivity contribution in [2.45, 2.75) is 6.92 Å². The first-order valence-electron chi connectivity index (χ1n) is 4.90. The van der Waals surface area contributed by atoms with Gasteiger partial charge in [0.2, 0.25) is 0 Å². The summed E-state index contributed by atoms with van der Waals surface area (Å²) in [5.41, 5.74) is 2.46. The van der Waals surface area contributed by atoms with Crippen molar-refractivity contribution in [3.63, 3.8) is 0 Å². The van der Waals surface area contributed by atoms with Gasteiger partial charge in [0.25, 0.3) is 0 Å². The van der Waals surface area contributed by atoms with Crippen LogP contribution in [0.5, 0.6) is 0 Å². The summed E-state index contributed by atoms with van der Waals surface area (Å²) in [6, 6.07) is 8.95. The van der Waals surface area contributed by atoms with E-state index in [2.05, 4.69) is 0 Å². The minimum absolute atomic E-state index is 0.538. The first-order chi connectivity index (χ1) is 8.00. The molecule has 2 rings (SSSR count). The number of benzene rings is 2. The number of hydrogen-bond acceptors (Lipinski definition) is 0. The molecule has 0 heterocycles. The van der Waals surface area contributed by atoms with Crippen LogP contribution in [0, 0.1) is 6.92 Å². The molecule has 0 saturated heterocycles. The monoisotopic (exact) mass is 304 g/mol. The van der Waals surface area contributed by atoms with Crippen LogP contribution in [-0.4, -0.2) is 0 Å². The van der Waals surface area contributed by atoms with Gasteiger partial charge in [-0.25, -0.2) is 0 Å². The summed E-state index contributed by atoms with van der Waals surface area (Å²) >= 11 is 24.5. The van der Waals surface area contributed by atoms with Gasteiger partial charge >= 0.3 is 0 Å². The Balaban J connectivity index is 2.73. The zero-order chi connectivity index (χ0) is 12.6. The first-order valence-corrected chi connectivity index (χ1v) is 6.42. The van der Waals surface area contributed by atoms with Gasteiger partial charge in [-0.3, -0.25) is 0 Å². The zero-order valence-corrected chi connectivity index (χ0v) is 11.9. The molecule has 0 atom stereocenters. The Morgan fingerprint density at radius 3 is 1.94 bits per heavy atom. The molecule has 2 aromatic rings. The van der Waals surface area contributed by atoms with Gasteiger partial charge in [-0.2, -0.15) is 0 Å². The maximum Gasteiger partial charge on any atom is 0.0500 e. The minimum atomic E-state index is 0.538. The average molecular weight is 306 g/mol. The molecule has 0 spiro atoms. The van der Waals surface area contributed by atoms with Crippen LogP contribution in [0.4, 0.5) is 0 Å². The molecule has 88 valence electrons. The Labute approximate surface area is 120 Å². The molecular formula is C13H8Cl4. The van der Waals surface area contributed by atoms with Crippen LogP contribution in [0.2, 0.25) is 20.1 Å². The standard InChI is InChI=1S/C13H8Cl4/c1-7-5-8(12(17)6-11(7)16)13-9(14)3-2-4-10(13)15/h2-6H,1H3. The summed E-state index contributed by atoms with van der Waals surface area (Å²) in [7, 11) is 0. The molecule has 4 heteroatoms. The van der Waals surface area contributed by atoms with E-state index in [1.165, 1.54) is 0 Å². The average Bonchev–Trinajstić information content (AvgIpc) is 2.25. The molecular weight excluding hydrogens is 298 g/mol. The largest absolute Gasteiger partial charge is 0.0840 e. The normalized spacial score (nSPS) is 10.6. The van der Waals surface area contributed by atoms with Crippen LogP contribution in [0.25, 0.3) is 11.1 Å². The van der Waals surface area contributed by atoms with Crippen molar-refractivity contribution < 1.29 is 0 Å². The lowest BCUT2D eigenvalue weighted by atomic mass is 10.0. The Morgan fingerprint density at radius 1 is 0.765 bits per heavy atom. The van der Waals surface area contributed by atoms with E-state index >= 15 is 0 Å². The van der Waals surface area contributed by atoms with Crippen LogP contribution in [0.1, 0.15) is 5.56 Å². The van der Waals surface area contributed by atoms with Crippen LogP contribution in [-0.2, 0) is 0 Å². The van der Waals surface area contributed by atoms with Gasteiger partial charge in [0.1, 0.15) is 0 Å². The molecule has 0 radical (unpaired) electrons. The summed E-state index contributed by atoms with van der Waals surface area (Å²) in [6.07, 6.45) is 0. The maximum atomic E-state index is 6.18. The number of hydrogen-bond donors (Lipinski definition) is 0. The summed E-state index contributed by atoms with van der Waals surface area (Å²) in [5, 5.41) is 2.31. The third-order valence-electron chi connectivity index (χ3n) is 2.48. The lowest BCUT2D eigenvalue weighted by molar-refractivity contribution is 1.46. The number of rotatable bonds is 1. The minimum Gasteiger partial charge on any atom is -0.0840 e. The van der Waals surface area contributed by atoms with Crippen molar-refractivity contribution in [2.75, 3.05) is 0 Å². The Morgan fingerprint density at radius 2 is 1.35 bits per heavy atom. The topological polar surface area (TPSA) is 0 Å². The van der Waals surface area contributed by atoms with Crippen LogP contribution in [0.3, 0.4) is 0 Å². The third-order valence-corrected chi connectivity index (χ3v) is 3.83. The second kappa shape index (κ2) is 5.07. The lowest BCUT2D eigenvalue weighted by Gasteiger charge is -2.11. The van der Waals surface area contributed by atoms with Gasteiger partial charge in [0, 0.05) is 31.2 Å². The van der Waals surface area contributed by atoms with Crippen molar-refractivity contribution in [3.05, 3.63) is 56.0 Å². The highest BCUT2D eigenvalue weighted by Crippen LogP contribution is 2.40. The van der Waals surface area contributed by atoms with Gasteiger partial charge in [-0.15, -0.1) is 0 Å². The molecule has 0 bridgehead atoms. The number of aryl methyl sites for hydroxylation is 1. The summed E-state index contributed by atoms with van der Waals surface area (Å²) in [5.74, 6) is 0. The van der Waals surface area contributed by atoms with Gasteiger partial charge in [-0.1, -0.05) is 52.5 Å². The van der Waals surface area contributed by atoms with Gasteiger partial charge < -0.3 is 0 Å². The highest BCUT2D eigenvalue weighted by Gasteiger charge is 2.13. The molecule has 0 nitrogen and oxygen atoms in total. The predicted molar refractivity (Wildman–Crippen MR) is 76.7 cm³/mol. The molecule has 0 aliphatic heterocycles. The Bertz CT molecular complexity index is 556. The van der Waals surface area contributed by atoms with Crippen LogP contribution < -0.4 is 0 Å². The molecule has 2 aromatic carbocycles. The molecule has 0 fully saturated rings. The van der Waals surface area contributed by atoms with E-state index in [1.54, 1.807) is 24.3 Å². The van der Waals surface area contributed by atoms with E-state index < -0.39 is 0 Å². The zero-order valence-electron chi connectivity index (χ0n) is 8.90. The smallest absolute Gasteiger partial charge is 0.0500 e. The van der Waals surface area contributed by atoms with E-state index in [1.807, 2.05) is 13.0 Å². The highest BCUT2D eigenvalue weighted by molar-refractivity contribution is 6.41. The van der Waals surface area contributed by atoms with Gasteiger partial charge in [-0.05, 0) is 36.8 Å². The summed E-state index contributed by atoms with van der Waals surface area (Å²) in [4.78, 5) is 0. The second-order valence-corrected chi connectivity index (χ2v) is 5.31. The van der Waals surface area contributed by atoms with Crippen molar-refractivity contribution in [1.82, 2.24) is 0 Å². The van der Waals surface area contributed by atoms with Gasteiger partial charge in [0.05, 0.1) is 0 Å². The second-order valence-electron chi connectivity index (χ2n) is 3.68. The van der Waals surface area contributed by atoms with Crippen molar-refractivity contribution in [2.24, 2.45) is 0 Å². The summed E-state index contributed by atoms with van der Waals surface area (Å²) in [6.45, 7) is 1.91.